The van der Waals surface area contributed by atoms with Crippen LogP contribution in [0.5, 0.6) is 0 Å². The molecule has 1 fully saturated rings. The van der Waals surface area contributed by atoms with Crippen LogP contribution >= 0.6 is 0 Å². The summed E-state index contributed by atoms with van der Waals surface area (Å²) in [6.45, 7) is 2.00. The molecule has 4 rings (SSSR count). The van der Waals surface area contributed by atoms with Crippen LogP contribution in [0.3, 0.4) is 0 Å². The van der Waals surface area contributed by atoms with Gasteiger partial charge in [-0.2, -0.15) is 5.10 Å². The first kappa shape index (κ1) is 14.6. The summed E-state index contributed by atoms with van der Waals surface area (Å²) < 4.78 is 1.85. The largest absolute Gasteiger partial charge is 0.321 e. The van der Waals surface area contributed by atoms with E-state index in [4.69, 9.17) is 0 Å². The van der Waals surface area contributed by atoms with Crippen LogP contribution in [0.2, 0.25) is 0 Å². The molecule has 2 heterocycles. The van der Waals surface area contributed by atoms with Gasteiger partial charge in [-0.1, -0.05) is 19.1 Å². The summed E-state index contributed by atoms with van der Waals surface area (Å²) in [5.74, 6) is 0.478. The van der Waals surface area contributed by atoms with Crippen molar-refractivity contribution in [2.75, 3.05) is 5.32 Å². The Hall–Kier alpha value is -3.03. The molecule has 2 aromatic heterocycles. The Morgan fingerprint density at radius 2 is 2.25 bits per heavy atom. The van der Waals surface area contributed by atoms with Crippen molar-refractivity contribution in [1.29, 1.82) is 0 Å². The smallest absolute Gasteiger partial charge is 0.276 e. The molecule has 1 amide bonds. The number of benzene rings is 1. The van der Waals surface area contributed by atoms with E-state index in [9.17, 15) is 4.79 Å². The van der Waals surface area contributed by atoms with Gasteiger partial charge < -0.3 is 5.32 Å². The number of hydrogen-bond acceptors (Lipinski definition) is 5. The van der Waals surface area contributed by atoms with Gasteiger partial charge in [0.05, 0.1) is 6.04 Å². The Balaban J connectivity index is 1.56. The molecule has 0 unspecified atom stereocenters. The molecule has 122 valence electrons. The SMILES string of the molecule is CCc1cc(C(=O)Nc2cccc(-c3nnnn3C3CC3)c2)n[nH]1. The average Bonchev–Trinajstić information content (AvgIpc) is 3.14. The minimum Gasteiger partial charge on any atom is -0.321 e. The zero-order valence-corrected chi connectivity index (χ0v) is 13.2. The highest BCUT2D eigenvalue weighted by molar-refractivity contribution is 6.03. The number of aromatic amines is 1. The molecule has 0 bridgehead atoms. The van der Waals surface area contributed by atoms with Gasteiger partial charge >= 0.3 is 0 Å². The Morgan fingerprint density at radius 3 is 3.00 bits per heavy atom. The number of anilines is 1. The van der Waals surface area contributed by atoms with E-state index in [1.54, 1.807) is 6.07 Å². The van der Waals surface area contributed by atoms with Gasteiger partial charge in [-0.25, -0.2) is 4.68 Å². The van der Waals surface area contributed by atoms with Crippen molar-refractivity contribution < 1.29 is 4.79 Å². The number of aryl methyl sites for hydroxylation is 1. The lowest BCUT2D eigenvalue weighted by molar-refractivity contribution is 0.102. The number of carbonyl (C=O) groups is 1. The van der Waals surface area contributed by atoms with Crippen LogP contribution < -0.4 is 5.32 Å². The van der Waals surface area contributed by atoms with Gasteiger partial charge in [0.25, 0.3) is 5.91 Å². The average molecular weight is 323 g/mol. The number of rotatable bonds is 5. The summed E-state index contributed by atoms with van der Waals surface area (Å²) in [6, 6.07) is 9.66. The molecule has 24 heavy (non-hydrogen) atoms. The highest BCUT2D eigenvalue weighted by Gasteiger charge is 2.28. The van der Waals surface area contributed by atoms with Crippen LogP contribution in [0.25, 0.3) is 11.4 Å². The molecule has 2 N–H and O–H groups in total. The zero-order chi connectivity index (χ0) is 16.5. The molecule has 0 atom stereocenters. The van der Waals surface area contributed by atoms with Gasteiger partial charge in [-0.05, 0) is 47.9 Å². The van der Waals surface area contributed by atoms with Gasteiger partial charge in [-0.3, -0.25) is 9.89 Å². The fraction of sp³-hybridized carbons (Fsp3) is 0.312. The Labute approximate surface area is 138 Å². The van der Waals surface area contributed by atoms with Crippen molar-refractivity contribution in [2.24, 2.45) is 0 Å². The molecular formula is C16H17N7O. The van der Waals surface area contributed by atoms with Crippen LogP contribution in [-0.2, 0) is 6.42 Å². The molecule has 0 radical (unpaired) electrons. The predicted octanol–water partition coefficient (Wildman–Crippen LogP) is 2.21. The minimum atomic E-state index is -0.245. The first-order chi connectivity index (χ1) is 11.7. The van der Waals surface area contributed by atoms with Crippen LogP contribution in [0.4, 0.5) is 5.69 Å². The third-order valence-corrected chi connectivity index (χ3v) is 4.01. The van der Waals surface area contributed by atoms with E-state index in [-0.39, 0.29) is 5.91 Å². The van der Waals surface area contributed by atoms with Gasteiger partial charge in [0.1, 0.15) is 0 Å². The lowest BCUT2D eigenvalue weighted by Crippen LogP contribution is -2.12. The predicted molar refractivity (Wildman–Crippen MR) is 87.4 cm³/mol. The van der Waals surface area contributed by atoms with Gasteiger partial charge in [0.15, 0.2) is 11.5 Å². The summed E-state index contributed by atoms with van der Waals surface area (Å²) in [6.07, 6.45) is 3.01. The second-order valence-electron chi connectivity index (χ2n) is 5.85. The van der Waals surface area contributed by atoms with Crippen molar-refractivity contribution in [1.82, 2.24) is 30.4 Å². The van der Waals surface area contributed by atoms with Crippen molar-refractivity contribution in [3.05, 3.63) is 41.7 Å². The van der Waals surface area contributed by atoms with Gasteiger partial charge in [0, 0.05) is 16.9 Å². The third-order valence-electron chi connectivity index (χ3n) is 4.01. The number of hydrogen-bond donors (Lipinski definition) is 2. The van der Waals surface area contributed by atoms with Crippen LogP contribution in [0.15, 0.2) is 30.3 Å². The van der Waals surface area contributed by atoms with Crippen LogP contribution in [0, 0.1) is 0 Å². The monoisotopic (exact) mass is 323 g/mol. The topological polar surface area (TPSA) is 101 Å². The first-order valence-electron chi connectivity index (χ1n) is 7.98. The van der Waals surface area contributed by atoms with Crippen LogP contribution in [0.1, 0.15) is 42.0 Å². The molecule has 3 aromatic rings. The molecule has 1 aliphatic rings. The lowest BCUT2D eigenvalue weighted by atomic mass is 10.2. The highest BCUT2D eigenvalue weighted by atomic mass is 16.1. The maximum Gasteiger partial charge on any atom is 0.276 e. The molecule has 8 heteroatoms. The number of amides is 1. The van der Waals surface area contributed by atoms with Crippen molar-refractivity contribution in [2.45, 2.75) is 32.2 Å². The fourth-order valence-corrected chi connectivity index (χ4v) is 2.54. The molecular weight excluding hydrogens is 306 g/mol. The lowest BCUT2D eigenvalue weighted by Gasteiger charge is -2.06. The summed E-state index contributed by atoms with van der Waals surface area (Å²) in [4.78, 5) is 12.3. The van der Waals surface area contributed by atoms with E-state index in [1.807, 2.05) is 35.9 Å². The zero-order valence-electron chi connectivity index (χ0n) is 13.2. The normalized spacial score (nSPS) is 13.9. The quantitative estimate of drug-likeness (QED) is 0.749. The molecule has 1 aromatic carbocycles. The molecule has 1 saturated carbocycles. The van der Waals surface area contributed by atoms with E-state index in [1.165, 1.54) is 0 Å². The number of H-pyrrole nitrogens is 1. The van der Waals surface area contributed by atoms with E-state index in [0.717, 1.165) is 36.3 Å². The molecule has 0 aliphatic heterocycles. The number of aromatic nitrogens is 6. The maximum absolute atomic E-state index is 12.3. The number of carbonyl (C=O) groups excluding carboxylic acids is 1. The maximum atomic E-state index is 12.3. The van der Waals surface area contributed by atoms with E-state index in [2.05, 4.69) is 31.0 Å². The highest BCUT2D eigenvalue weighted by Crippen LogP contribution is 2.36. The number of nitrogens with zero attached hydrogens (tertiary/aromatic N) is 5. The third kappa shape index (κ3) is 2.78. The van der Waals surface area contributed by atoms with Crippen LogP contribution in [-0.4, -0.2) is 36.3 Å². The summed E-state index contributed by atoms with van der Waals surface area (Å²) in [7, 11) is 0. The second kappa shape index (κ2) is 5.88. The summed E-state index contributed by atoms with van der Waals surface area (Å²) in [5.41, 5.74) is 2.86. The van der Waals surface area contributed by atoms with E-state index >= 15 is 0 Å². The van der Waals surface area contributed by atoms with Crippen molar-refractivity contribution in [3.63, 3.8) is 0 Å². The summed E-state index contributed by atoms with van der Waals surface area (Å²) in [5, 5.41) is 21.7. The van der Waals surface area contributed by atoms with E-state index < -0.39 is 0 Å². The molecule has 0 saturated heterocycles. The van der Waals surface area contributed by atoms with Gasteiger partial charge in [-0.15, -0.1) is 5.10 Å². The first-order valence-corrected chi connectivity index (χ1v) is 7.98. The van der Waals surface area contributed by atoms with Crippen molar-refractivity contribution in [3.8, 4) is 11.4 Å². The van der Waals surface area contributed by atoms with Crippen molar-refractivity contribution >= 4 is 11.6 Å². The molecule has 1 aliphatic carbocycles. The Morgan fingerprint density at radius 1 is 1.38 bits per heavy atom. The minimum absolute atomic E-state index is 0.245. The Bertz CT molecular complexity index is 878. The Kier molecular flexibility index (Phi) is 3.56. The fourth-order valence-electron chi connectivity index (χ4n) is 2.54. The summed E-state index contributed by atoms with van der Waals surface area (Å²) >= 11 is 0. The van der Waals surface area contributed by atoms with Gasteiger partial charge in [0.2, 0.25) is 0 Å². The molecule has 8 nitrogen and oxygen atoms in total. The van der Waals surface area contributed by atoms with E-state index in [0.29, 0.717) is 17.4 Å². The molecule has 0 spiro atoms. The second-order valence-corrected chi connectivity index (χ2v) is 5.85. The number of tetrazole rings is 1. The number of nitrogens with one attached hydrogen (secondary N) is 2. The standard InChI is InChI=1S/C16H17N7O/c1-2-11-9-14(19-18-11)16(24)17-12-5-3-4-10(8-12)15-20-21-22-23(15)13-6-7-13/h3-5,8-9,13H,2,6-7H2,1H3,(H,17,24)(H,18,19).